The van der Waals surface area contributed by atoms with Crippen molar-refractivity contribution in [2.45, 2.75) is 4.90 Å². The van der Waals surface area contributed by atoms with Gasteiger partial charge in [-0.15, -0.1) is 0 Å². The Morgan fingerprint density at radius 1 is 0.963 bits per heavy atom. The van der Waals surface area contributed by atoms with Gasteiger partial charge in [0.15, 0.2) is 5.75 Å². The fourth-order valence-corrected chi connectivity index (χ4v) is 3.26. The molecule has 0 N–H and O–H groups in total. The molecule has 0 atom stereocenters. The molecule has 0 radical (unpaired) electrons. The van der Waals surface area contributed by atoms with Crippen molar-refractivity contribution in [1.29, 1.82) is 0 Å². The zero-order valence-electron chi connectivity index (χ0n) is 14.3. The van der Waals surface area contributed by atoms with E-state index in [0.717, 1.165) is 14.2 Å². The van der Waals surface area contributed by atoms with Crippen LogP contribution in [-0.4, -0.2) is 34.6 Å². The molecule has 0 aromatic heterocycles. The first-order valence-electron chi connectivity index (χ1n) is 7.46. The van der Waals surface area contributed by atoms with Crippen LogP contribution in [0.5, 0.6) is 5.75 Å². The van der Waals surface area contributed by atoms with Crippen molar-refractivity contribution in [2.24, 2.45) is 0 Å². The highest BCUT2D eigenvalue weighted by atomic mass is 35.5. The lowest BCUT2D eigenvalue weighted by Gasteiger charge is -2.09. The Kier molecular flexibility index (Phi) is 6.59. The number of carbonyl (C=O) groups excluding carboxylic acids is 2. The molecule has 0 saturated carbocycles. The molecule has 0 bridgehead atoms. The van der Waals surface area contributed by atoms with Crippen LogP contribution in [0.3, 0.4) is 0 Å². The fraction of sp³-hybridized carbons (Fsp3) is 0.111. The second kappa shape index (κ2) is 8.70. The van der Waals surface area contributed by atoms with E-state index >= 15 is 0 Å². The van der Waals surface area contributed by atoms with E-state index in [0.29, 0.717) is 5.56 Å². The third-order valence-electron chi connectivity index (χ3n) is 3.31. The average Bonchev–Trinajstić information content (AvgIpc) is 2.67. The Morgan fingerprint density at radius 2 is 1.56 bits per heavy atom. The molecule has 0 amide bonds. The van der Waals surface area contributed by atoms with E-state index < -0.39 is 22.1 Å². The number of ether oxygens (including phenoxy) is 2. The predicted octanol–water partition coefficient (Wildman–Crippen LogP) is 2.84. The molecule has 0 spiro atoms. The van der Waals surface area contributed by atoms with Gasteiger partial charge in [0.2, 0.25) is 0 Å². The quantitative estimate of drug-likeness (QED) is 0.237. The van der Waals surface area contributed by atoms with Crippen LogP contribution < -0.4 is 4.18 Å². The van der Waals surface area contributed by atoms with Crippen molar-refractivity contribution in [3.8, 4) is 5.75 Å². The lowest BCUT2D eigenvalue weighted by molar-refractivity contribution is -0.143. The van der Waals surface area contributed by atoms with Gasteiger partial charge < -0.3 is 13.7 Å². The number of rotatable bonds is 6. The van der Waals surface area contributed by atoms with Crippen molar-refractivity contribution in [3.05, 3.63) is 64.7 Å². The third kappa shape index (κ3) is 5.08. The summed E-state index contributed by atoms with van der Waals surface area (Å²) in [6.45, 7) is 0. The summed E-state index contributed by atoms with van der Waals surface area (Å²) >= 11 is 6.08. The van der Waals surface area contributed by atoms with E-state index in [4.69, 9.17) is 15.8 Å². The number of esters is 2. The minimum Gasteiger partial charge on any atom is -0.465 e. The first kappa shape index (κ1) is 20.5. The smallest absolute Gasteiger partial charge is 0.345 e. The van der Waals surface area contributed by atoms with Gasteiger partial charge in [-0.1, -0.05) is 35.9 Å². The lowest BCUT2D eigenvalue weighted by Crippen LogP contribution is -2.15. The maximum absolute atomic E-state index is 12.3. The summed E-state index contributed by atoms with van der Waals surface area (Å²) in [6.07, 6.45) is 1.21. The van der Waals surface area contributed by atoms with Gasteiger partial charge in [0.05, 0.1) is 19.2 Å². The Bertz CT molecular complexity index is 964. The van der Waals surface area contributed by atoms with Gasteiger partial charge in [0.1, 0.15) is 10.5 Å². The summed E-state index contributed by atoms with van der Waals surface area (Å²) in [5, 5.41) is -0.0302. The summed E-state index contributed by atoms with van der Waals surface area (Å²) in [5.41, 5.74) is -0.00287. The maximum atomic E-state index is 12.3. The van der Waals surface area contributed by atoms with E-state index in [1.54, 1.807) is 18.2 Å². The van der Waals surface area contributed by atoms with Crippen LogP contribution in [0.4, 0.5) is 0 Å². The van der Waals surface area contributed by atoms with Crippen LogP contribution in [0.1, 0.15) is 5.56 Å². The number of benzene rings is 2. The summed E-state index contributed by atoms with van der Waals surface area (Å²) in [5.74, 6) is -1.87. The summed E-state index contributed by atoms with van der Waals surface area (Å²) in [4.78, 5) is 23.3. The zero-order chi connectivity index (χ0) is 20.0. The molecular formula is C18H15ClO7S. The van der Waals surface area contributed by atoms with Gasteiger partial charge in [-0.05, 0) is 35.9 Å². The molecule has 0 saturated heterocycles. The van der Waals surface area contributed by atoms with E-state index in [9.17, 15) is 18.0 Å². The Balaban J connectivity index is 2.34. The molecule has 2 aromatic rings. The molecule has 2 rings (SSSR count). The summed E-state index contributed by atoms with van der Waals surface area (Å²) in [7, 11) is -1.81. The number of carbonyl (C=O) groups is 2. The first-order valence-corrected chi connectivity index (χ1v) is 9.24. The van der Waals surface area contributed by atoms with Gasteiger partial charge in [-0.2, -0.15) is 8.42 Å². The minimum absolute atomic E-state index is 0.0243. The van der Waals surface area contributed by atoms with Gasteiger partial charge in [0, 0.05) is 0 Å². The largest absolute Gasteiger partial charge is 0.465 e. The SMILES string of the molecule is COC(=O)C(=Cc1ccc(OS(=O)(=O)c2ccccc2)c(Cl)c1)C(=O)OC. The van der Waals surface area contributed by atoms with Crippen molar-refractivity contribution in [3.63, 3.8) is 0 Å². The van der Waals surface area contributed by atoms with Crippen molar-refractivity contribution < 1.29 is 31.7 Å². The van der Waals surface area contributed by atoms with E-state index in [1.807, 2.05) is 0 Å². The van der Waals surface area contributed by atoms with Gasteiger partial charge in [-0.25, -0.2) is 9.59 Å². The number of halogens is 1. The molecule has 0 aliphatic rings. The Hall–Kier alpha value is -2.84. The Labute approximate surface area is 161 Å². The minimum atomic E-state index is -4.05. The molecule has 0 fully saturated rings. The van der Waals surface area contributed by atoms with Gasteiger partial charge >= 0.3 is 22.1 Å². The van der Waals surface area contributed by atoms with E-state index in [1.165, 1.54) is 36.4 Å². The molecule has 9 heteroatoms. The highest BCUT2D eigenvalue weighted by molar-refractivity contribution is 7.87. The standard InChI is InChI=1S/C18H15ClO7S/c1-24-17(20)14(18(21)25-2)10-12-8-9-16(15(19)11-12)26-27(22,23)13-6-4-3-5-7-13/h3-11H,1-2H3. The lowest BCUT2D eigenvalue weighted by atomic mass is 10.1. The van der Waals surface area contributed by atoms with Gasteiger partial charge in [-0.3, -0.25) is 0 Å². The first-order chi connectivity index (χ1) is 12.8. The topological polar surface area (TPSA) is 96.0 Å². The van der Waals surface area contributed by atoms with Crippen LogP contribution in [-0.2, 0) is 29.2 Å². The molecule has 2 aromatic carbocycles. The molecule has 27 heavy (non-hydrogen) atoms. The molecule has 0 aliphatic heterocycles. The van der Waals surface area contributed by atoms with Crippen LogP contribution in [0.15, 0.2) is 59.0 Å². The normalized spacial score (nSPS) is 10.6. The Morgan fingerprint density at radius 3 is 2.07 bits per heavy atom. The fourth-order valence-electron chi connectivity index (χ4n) is 2.02. The van der Waals surface area contributed by atoms with Crippen LogP contribution >= 0.6 is 11.6 Å². The van der Waals surface area contributed by atoms with E-state index in [2.05, 4.69) is 9.47 Å². The van der Waals surface area contributed by atoms with Crippen molar-refractivity contribution in [1.82, 2.24) is 0 Å². The second-order valence-corrected chi connectivity index (χ2v) is 7.04. The number of hydrogen-bond acceptors (Lipinski definition) is 7. The van der Waals surface area contributed by atoms with Gasteiger partial charge in [0.25, 0.3) is 0 Å². The van der Waals surface area contributed by atoms with Crippen molar-refractivity contribution >= 4 is 39.7 Å². The highest BCUT2D eigenvalue weighted by Gasteiger charge is 2.21. The second-order valence-electron chi connectivity index (χ2n) is 5.08. The molecular weight excluding hydrogens is 396 g/mol. The zero-order valence-corrected chi connectivity index (χ0v) is 15.9. The maximum Gasteiger partial charge on any atom is 0.345 e. The van der Waals surface area contributed by atoms with Crippen LogP contribution in [0.25, 0.3) is 6.08 Å². The number of hydrogen-bond donors (Lipinski definition) is 0. The molecule has 7 nitrogen and oxygen atoms in total. The molecule has 0 unspecified atom stereocenters. The summed E-state index contributed by atoms with van der Waals surface area (Å²) < 4.78 is 38.6. The van der Waals surface area contributed by atoms with Crippen molar-refractivity contribution in [2.75, 3.05) is 14.2 Å². The molecule has 0 heterocycles. The van der Waals surface area contributed by atoms with E-state index in [-0.39, 0.29) is 21.2 Å². The van der Waals surface area contributed by atoms with Crippen LogP contribution in [0, 0.1) is 0 Å². The summed E-state index contributed by atoms with van der Waals surface area (Å²) in [6, 6.07) is 11.6. The third-order valence-corrected chi connectivity index (χ3v) is 4.85. The average molecular weight is 411 g/mol. The number of methoxy groups -OCH3 is 2. The molecule has 142 valence electrons. The molecule has 0 aliphatic carbocycles. The van der Waals surface area contributed by atoms with Crippen LogP contribution in [0.2, 0.25) is 5.02 Å². The monoisotopic (exact) mass is 410 g/mol. The predicted molar refractivity (Wildman–Crippen MR) is 97.7 cm³/mol. The highest BCUT2D eigenvalue weighted by Crippen LogP contribution is 2.29.